The molecule has 1 aliphatic heterocycles. The maximum atomic E-state index is 13.7. The van der Waals surface area contributed by atoms with Crippen LogP contribution < -0.4 is 22.4 Å². The van der Waals surface area contributed by atoms with Crippen LogP contribution in [-0.2, 0) is 0 Å². The van der Waals surface area contributed by atoms with Crippen molar-refractivity contribution in [3.05, 3.63) is 93.0 Å². The molecule has 4 aromatic rings. The molecular formula is C25H24N6O4. The second-order valence-electron chi connectivity index (χ2n) is 9.41. The number of aliphatic hydroxyl groups excluding tert-OH is 1. The summed E-state index contributed by atoms with van der Waals surface area (Å²) in [5.74, 6) is 0.0436. The fourth-order valence-corrected chi connectivity index (χ4v) is 5.18. The van der Waals surface area contributed by atoms with Crippen molar-refractivity contribution in [2.45, 2.75) is 37.6 Å². The number of nitrogens with one attached hydrogen (secondary N) is 1. The SMILES string of the molecule is CC1(O)CC(n2c3c(n(-c4ccc5ccn(-c6ccccc6)c(=O)c5c4)c2=O)C(N)=NNC3O)C1. The number of hydrogen-bond acceptors (Lipinski definition) is 7. The maximum Gasteiger partial charge on any atom is 0.334 e. The van der Waals surface area contributed by atoms with Crippen LogP contribution in [0.15, 0.2) is 75.5 Å². The lowest BCUT2D eigenvalue weighted by molar-refractivity contribution is -0.0543. The van der Waals surface area contributed by atoms with E-state index in [1.54, 1.807) is 35.9 Å². The van der Waals surface area contributed by atoms with Crippen LogP contribution in [0.4, 0.5) is 0 Å². The van der Waals surface area contributed by atoms with Crippen LogP contribution >= 0.6 is 0 Å². The van der Waals surface area contributed by atoms with E-state index in [4.69, 9.17) is 5.73 Å². The molecule has 0 radical (unpaired) electrons. The minimum absolute atomic E-state index is 0.0436. The molecule has 178 valence electrons. The zero-order valence-corrected chi connectivity index (χ0v) is 18.9. The van der Waals surface area contributed by atoms with Crippen LogP contribution in [0.5, 0.6) is 0 Å². The molecule has 5 N–H and O–H groups in total. The van der Waals surface area contributed by atoms with Gasteiger partial charge in [0.25, 0.3) is 5.56 Å². The molecule has 6 rings (SSSR count). The Balaban J connectivity index is 1.58. The van der Waals surface area contributed by atoms with Crippen LogP contribution in [0, 0.1) is 0 Å². The normalized spacial score (nSPS) is 23.3. The number of hydrazone groups is 1. The third kappa shape index (κ3) is 3.22. The summed E-state index contributed by atoms with van der Waals surface area (Å²) in [6, 6.07) is 16.0. The molecule has 0 amide bonds. The first kappa shape index (κ1) is 21.4. The molecule has 0 spiro atoms. The van der Waals surface area contributed by atoms with E-state index in [9.17, 15) is 19.8 Å². The van der Waals surface area contributed by atoms with Crippen LogP contribution in [0.3, 0.4) is 0 Å². The van der Waals surface area contributed by atoms with Gasteiger partial charge in [-0.05, 0) is 55.5 Å². The van der Waals surface area contributed by atoms with E-state index < -0.39 is 17.5 Å². The molecule has 1 fully saturated rings. The number of amidine groups is 1. The Morgan fingerprint density at radius 1 is 1.09 bits per heavy atom. The van der Waals surface area contributed by atoms with Crippen LogP contribution in [0.25, 0.3) is 22.1 Å². The number of para-hydroxylation sites is 1. The average Bonchev–Trinajstić information content (AvgIpc) is 3.14. The van der Waals surface area contributed by atoms with Crippen molar-refractivity contribution in [2.75, 3.05) is 0 Å². The van der Waals surface area contributed by atoms with Gasteiger partial charge in [-0.3, -0.25) is 23.9 Å². The highest BCUT2D eigenvalue weighted by Crippen LogP contribution is 2.42. The second-order valence-corrected chi connectivity index (χ2v) is 9.41. The number of aliphatic hydroxyl groups is 2. The number of nitrogens with zero attached hydrogens (tertiary/aromatic N) is 4. The Kier molecular flexibility index (Phi) is 4.54. The number of aromatic nitrogens is 3. The van der Waals surface area contributed by atoms with Crippen molar-refractivity contribution in [1.29, 1.82) is 0 Å². The lowest BCUT2D eigenvalue weighted by Gasteiger charge is -2.42. The number of imidazole rings is 1. The Morgan fingerprint density at radius 2 is 1.83 bits per heavy atom. The summed E-state index contributed by atoms with van der Waals surface area (Å²) in [7, 11) is 0. The van der Waals surface area contributed by atoms with Crippen molar-refractivity contribution in [2.24, 2.45) is 10.8 Å². The van der Waals surface area contributed by atoms with E-state index in [0.717, 1.165) is 11.1 Å². The third-order valence-corrected chi connectivity index (χ3v) is 6.83. The van der Waals surface area contributed by atoms with Crippen molar-refractivity contribution >= 4 is 16.6 Å². The van der Waals surface area contributed by atoms with Crippen molar-refractivity contribution in [1.82, 2.24) is 19.1 Å². The largest absolute Gasteiger partial charge is 0.390 e. The summed E-state index contributed by atoms with van der Waals surface area (Å²) in [5, 5.41) is 26.0. The first-order valence-electron chi connectivity index (χ1n) is 11.3. The molecule has 10 nitrogen and oxygen atoms in total. The Hall–Kier alpha value is -4.15. The molecule has 1 aliphatic carbocycles. The maximum absolute atomic E-state index is 13.7. The van der Waals surface area contributed by atoms with Gasteiger partial charge in [0.2, 0.25) is 0 Å². The van der Waals surface area contributed by atoms with Gasteiger partial charge in [-0.1, -0.05) is 24.3 Å². The summed E-state index contributed by atoms with van der Waals surface area (Å²) < 4.78 is 4.41. The number of benzene rings is 2. The molecule has 3 heterocycles. The standard InChI is InChI=1S/C25H24N6O4/c1-25(35)12-17(13-25)31-20-19(21(26)27-28-22(20)32)30(24(31)34)16-8-7-14-9-10-29(23(33)18(14)11-16)15-5-3-2-4-6-15/h2-11,17,22,28,32,35H,12-13H2,1H3,(H2,26,27). The number of pyridine rings is 1. The fourth-order valence-electron chi connectivity index (χ4n) is 5.18. The lowest BCUT2D eigenvalue weighted by atomic mass is 9.77. The minimum atomic E-state index is -1.24. The molecule has 1 unspecified atom stereocenters. The van der Waals surface area contributed by atoms with Gasteiger partial charge in [-0.2, -0.15) is 5.10 Å². The van der Waals surface area contributed by atoms with Gasteiger partial charge in [0.15, 0.2) is 12.1 Å². The van der Waals surface area contributed by atoms with E-state index in [2.05, 4.69) is 10.5 Å². The van der Waals surface area contributed by atoms with E-state index in [1.165, 1.54) is 9.13 Å². The van der Waals surface area contributed by atoms with Gasteiger partial charge >= 0.3 is 5.69 Å². The fraction of sp³-hybridized carbons (Fsp3) is 0.240. The number of rotatable bonds is 3. The second kappa shape index (κ2) is 7.42. The number of hydrogen-bond donors (Lipinski definition) is 4. The summed E-state index contributed by atoms with van der Waals surface area (Å²) in [6.07, 6.45) is 1.21. The molecule has 0 saturated heterocycles. The van der Waals surface area contributed by atoms with Gasteiger partial charge in [0.1, 0.15) is 11.4 Å². The van der Waals surface area contributed by atoms with Crippen LogP contribution in [-0.4, -0.2) is 35.4 Å². The number of nitrogens with two attached hydrogens (primary N) is 1. The monoisotopic (exact) mass is 472 g/mol. The first-order valence-corrected chi connectivity index (χ1v) is 11.3. The van der Waals surface area contributed by atoms with Crippen molar-refractivity contribution in [3.63, 3.8) is 0 Å². The smallest absolute Gasteiger partial charge is 0.334 e. The van der Waals surface area contributed by atoms with E-state index in [1.807, 2.05) is 36.4 Å². The lowest BCUT2D eigenvalue weighted by Crippen LogP contribution is -2.46. The third-order valence-electron chi connectivity index (χ3n) is 6.83. The van der Waals surface area contributed by atoms with Gasteiger partial charge in [0, 0.05) is 23.3 Å². The molecule has 10 heteroatoms. The quantitative estimate of drug-likeness (QED) is 0.354. The Bertz CT molecular complexity index is 1620. The van der Waals surface area contributed by atoms with Gasteiger partial charge in [-0.25, -0.2) is 4.79 Å². The Morgan fingerprint density at radius 3 is 2.54 bits per heavy atom. The first-order chi connectivity index (χ1) is 16.7. The van der Waals surface area contributed by atoms with Gasteiger partial charge < -0.3 is 15.9 Å². The van der Waals surface area contributed by atoms with Gasteiger partial charge in [-0.15, -0.1) is 0 Å². The predicted octanol–water partition coefficient (Wildman–Crippen LogP) is 1.24. The van der Waals surface area contributed by atoms with E-state index >= 15 is 0 Å². The average molecular weight is 473 g/mol. The molecular weight excluding hydrogens is 448 g/mol. The number of fused-ring (bicyclic) bond motifs is 2. The van der Waals surface area contributed by atoms with Crippen LogP contribution in [0.2, 0.25) is 0 Å². The molecule has 2 aliphatic rings. The van der Waals surface area contributed by atoms with E-state index in [-0.39, 0.29) is 28.8 Å². The van der Waals surface area contributed by atoms with Crippen LogP contribution in [0.1, 0.15) is 43.4 Å². The summed E-state index contributed by atoms with van der Waals surface area (Å²) in [6.45, 7) is 1.71. The summed E-state index contributed by atoms with van der Waals surface area (Å²) in [5.41, 5.74) is 8.90. The highest BCUT2D eigenvalue weighted by atomic mass is 16.3. The van der Waals surface area contributed by atoms with Crippen molar-refractivity contribution in [3.8, 4) is 11.4 Å². The molecule has 35 heavy (non-hydrogen) atoms. The molecule has 1 atom stereocenters. The molecule has 2 aromatic heterocycles. The van der Waals surface area contributed by atoms with E-state index in [0.29, 0.717) is 23.9 Å². The Labute approximate surface area is 199 Å². The highest BCUT2D eigenvalue weighted by molar-refractivity contribution is 5.98. The molecule has 2 aromatic carbocycles. The summed E-state index contributed by atoms with van der Waals surface area (Å²) in [4.78, 5) is 27.1. The molecule has 1 saturated carbocycles. The molecule has 0 bridgehead atoms. The highest BCUT2D eigenvalue weighted by Gasteiger charge is 2.44. The topological polar surface area (TPSA) is 140 Å². The predicted molar refractivity (Wildman–Crippen MR) is 131 cm³/mol. The zero-order valence-electron chi connectivity index (χ0n) is 18.9. The summed E-state index contributed by atoms with van der Waals surface area (Å²) >= 11 is 0. The van der Waals surface area contributed by atoms with Crippen molar-refractivity contribution < 1.29 is 10.2 Å². The zero-order chi connectivity index (χ0) is 24.5. The van der Waals surface area contributed by atoms with Gasteiger partial charge in [0.05, 0.1) is 11.3 Å². The minimum Gasteiger partial charge on any atom is -0.390 e.